The van der Waals surface area contributed by atoms with E-state index in [1.807, 2.05) is 6.07 Å². The van der Waals surface area contributed by atoms with E-state index in [2.05, 4.69) is 40.3 Å². The summed E-state index contributed by atoms with van der Waals surface area (Å²) in [5, 5.41) is 3.51. The number of anilines is 1. The van der Waals surface area contributed by atoms with Crippen LogP contribution in [0.2, 0.25) is 0 Å². The van der Waals surface area contributed by atoms with Crippen LogP contribution in [0.25, 0.3) is 0 Å². The third kappa shape index (κ3) is 2.28. The summed E-state index contributed by atoms with van der Waals surface area (Å²) >= 11 is 3.43. The molecule has 0 saturated heterocycles. The Kier molecular flexibility index (Phi) is 2.79. The molecule has 3 heteroatoms. The van der Waals surface area contributed by atoms with Crippen molar-refractivity contribution in [2.24, 2.45) is 5.92 Å². The molecule has 2 unspecified atom stereocenters. The summed E-state index contributed by atoms with van der Waals surface area (Å²) < 4.78 is 0.987. The average molecular weight is 255 g/mol. The monoisotopic (exact) mass is 254 g/mol. The quantitative estimate of drug-likeness (QED) is 0.814. The summed E-state index contributed by atoms with van der Waals surface area (Å²) in [6.45, 7) is 3.21. The number of hydrogen-bond donors (Lipinski definition) is 2. The minimum absolute atomic E-state index is 0.728. The highest BCUT2D eigenvalue weighted by Crippen LogP contribution is 2.29. The zero-order chi connectivity index (χ0) is 10.1. The fourth-order valence-corrected chi connectivity index (χ4v) is 1.96. The Bertz CT molecular complexity index is 338. The van der Waals surface area contributed by atoms with Crippen LogP contribution >= 0.6 is 15.9 Å². The Morgan fingerprint density at radius 2 is 2.29 bits per heavy atom. The van der Waals surface area contributed by atoms with Gasteiger partial charge < -0.3 is 11.1 Å². The second-order valence-electron chi connectivity index (χ2n) is 4.06. The number of rotatable bonds is 3. The van der Waals surface area contributed by atoms with Crippen LogP contribution in [-0.2, 0) is 6.54 Å². The van der Waals surface area contributed by atoms with Crippen LogP contribution in [0.3, 0.4) is 0 Å². The van der Waals surface area contributed by atoms with Gasteiger partial charge in [-0.25, -0.2) is 0 Å². The highest BCUT2D eigenvalue weighted by atomic mass is 79.9. The van der Waals surface area contributed by atoms with E-state index >= 15 is 0 Å². The molecule has 1 aliphatic carbocycles. The van der Waals surface area contributed by atoms with E-state index < -0.39 is 0 Å². The van der Waals surface area contributed by atoms with Gasteiger partial charge in [0, 0.05) is 22.7 Å². The van der Waals surface area contributed by atoms with E-state index in [9.17, 15) is 0 Å². The van der Waals surface area contributed by atoms with E-state index in [1.54, 1.807) is 0 Å². The first-order valence-electron chi connectivity index (χ1n) is 4.94. The Morgan fingerprint density at radius 1 is 1.57 bits per heavy atom. The number of halogens is 1. The lowest BCUT2D eigenvalue weighted by Gasteiger charge is -2.05. The largest absolute Gasteiger partial charge is 0.398 e. The fraction of sp³-hybridized carbons (Fsp3) is 0.455. The van der Waals surface area contributed by atoms with E-state index in [0.29, 0.717) is 0 Å². The lowest BCUT2D eigenvalue weighted by Crippen LogP contribution is -2.16. The molecular weight excluding hydrogens is 240 g/mol. The number of hydrogen-bond acceptors (Lipinski definition) is 2. The van der Waals surface area contributed by atoms with Crippen molar-refractivity contribution in [3.05, 3.63) is 28.2 Å². The van der Waals surface area contributed by atoms with Crippen molar-refractivity contribution < 1.29 is 0 Å². The minimum Gasteiger partial charge on any atom is -0.398 e. The zero-order valence-corrected chi connectivity index (χ0v) is 9.84. The molecule has 0 aromatic heterocycles. The first-order valence-corrected chi connectivity index (χ1v) is 5.73. The maximum Gasteiger partial charge on any atom is 0.0458 e. The maximum atomic E-state index is 5.71. The van der Waals surface area contributed by atoms with Crippen LogP contribution in [0.5, 0.6) is 0 Å². The Hall–Kier alpha value is -0.540. The molecule has 1 aliphatic rings. The summed E-state index contributed by atoms with van der Waals surface area (Å²) in [6.07, 6.45) is 1.32. The molecule has 0 amide bonds. The van der Waals surface area contributed by atoms with Crippen molar-refractivity contribution >= 4 is 21.6 Å². The first kappa shape index (κ1) is 9.99. The zero-order valence-electron chi connectivity index (χ0n) is 8.26. The predicted octanol–water partition coefficient (Wildman–Crippen LogP) is 2.53. The molecule has 0 aliphatic heterocycles. The molecular formula is C11H15BrN2. The topological polar surface area (TPSA) is 38.0 Å². The SMILES string of the molecule is CC1CC1NCc1ccc(N)c(Br)c1. The normalized spacial score (nSPS) is 25.0. The van der Waals surface area contributed by atoms with E-state index in [1.165, 1.54) is 12.0 Å². The third-order valence-electron chi connectivity index (χ3n) is 2.74. The molecule has 14 heavy (non-hydrogen) atoms. The van der Waals surface area contributed by atoms with Gasteiger partial charge in [0.1, 0.15) is 0 Å². The molecule has 2 nitrogen and oxygen atoms in total. The number of benzene rings is 1. The third-order valence-corrected chi connectivity index (χ3v) is 3.43. The molecule has 1 aromatic carbocycles. The van der Waals surface area contributed by atoms with Gasteiger partial charge in [0.25, 0.3) is 0 Å². The minimum atomic E-state index is 0.728. The van der Waals surface area contributed by atoms with Gasteiger partial charge in [0.2, 0.25) is 0 Å². The predicted molar refractivity (Wildman–Crippen MR) is 63.0 cm³/mol. The van der Waals surface area contributed by atoms with Crippen LogP contribution in [-0.4, -0.2) is 6.04 Å². The average Bonchev–Trinajstić information content (AvgIpc) is 2.85. The number of nitrogens with one attached hydrogen (secondary N) is 1. The van der Waals surface area contributed by atoms with Crippen molar-refractivity contribution in [1.29, 1.82) is 0 Å². The van der Waals surface area contributed by atoms with Crippen LogP contribution in [0.1, 0.15) is 18.9 Å². The number of nitrogen functional groups attached to an aromatic ring is 1. The molecule has 2 atom stereocenters. The lowest BCUT2D eigenvalue weighted by molar-refractivity contribution is 0.652. The Morgan fingerprint density at radius 3 is 2.86 bits per heavy atom. The maximum absolute atomic E-state index is 5.71. The van der Waals surface area contributed by atoms with Crippen molar-refractivity contribution in [2.45, 2.75) is 25.9 Å². The summed E-state index contributed by atoms with van der Waals surface area (Å²) in [5.41, 5.74) is 7.79. The Balaban J connectivity index is 1.92. The summed E-state index contributed by atoms with van der Waals surface area (Å²) in [7, 11) is 0. The van der Waals surface area contributed by atoms with E-state index in [-0.39, 0.29) is 0 Å². The molecule has 0 radical (unpaired) electrons. The highest BCUT2D eigenvalue weighted by molar-refractivity contribution is 9.10. The van der Waals surface area contributed by atoms with Gasteiger partial charge in [-0.1, -0.05) is 13.0 Å². The first-order chi connectivity index (χ1) is 6.66. The van der Waals surface area contributed by atoms with Gasteiger partial charge in [0.05, 0.1) is 0 Å². The molecule has 1 aromatic rings. The molecule has 0 heterocycles. The smallest absolute Gasteiger partial charge is 0.0458 e. The standard InChI is InChI=1S/C11H15BrN2/c1-7-4-11(7)14-6-8-2-3-10(13)9(12)5-8/h2-3,5,7,11,14H,4,6,13H2,1H3. The van der Waals surface area contributed by atoms with Gasteiger partial charge in [-0.05, 0) is 46.0 Å². The van der Waals surface area contributed by atoms with Crippen LogP contribution in [0.4, 0.5) is 5.69 Å². The van der Waals surface area contributed by atoms with Gasteiger partial charge in [-0.3, -0.25) is 0 Å². The van der Waals surface area contributed by atoms with Gasteiger partial charge in [0.15, 0.2) is 0 Å². The summed E-state index contributed by atoms with van der Waals surface area (Å²) in [5.74, 6) is 0.854. The summed E-state index contributed by atoms with van der Waals surface area (Å²) in [4.78, 5) is 0. The van der Waals surface area contributed by atoms with E-state index in [4.69, 9.17) is 5.73 Å². The van der Waals surface area contributed by atoms with Crippen molar-refractivity contribution in [3.63, 3.8) is 0 Å². The Labute approximate surface area is 93.0 Å². The molecule has 76 valence electrons. The number of nitrogens with two attached hydrogens (primary N) is 1. The van der Waals surface area contributed by atoms with Gasteiger partial charge >= 0.3 is 0 Å². The van der Waals surface area contributed by atoms with Crippen molar-refractivity contribution in [1.82, 2.24) is 5.32 Å². The molecule has 1 fully saturated rings. The van der Waals surface area contributed by atoms with Crippen molar-refractivity contribution in [3.8, 4) is 0 Å². The van der Waals surface area contributed by atoms with Crippen LogP contribution in [0, 0.1) is 5.92 Å². The van der Waals surface area contributed by atoms with Crippen LogP contribution < -0.4 is 11.1 Å². The highest BCUT2D eigenvalue weighted by Gasteiger charge is 2.31. The molecule has 3 N–H and O–H groups in total. The molecule has 0 spiro atoms. The lowest BCUT2D eigenvalue weighted by atomic mass is 10.2. The fourth-order valence-electron chi connectivity index (χ4n) is 1.54. The molecule has 2 rings (SSSR count). The van der Waals surface area contributed by atoms with Crippen LogP contribution in [0.15, 0.2) is 22.7 Å². The second kappa shape index (κ2) is 3.91. The summed E-state index contributed by atoms with van der Waals surface area (Å²) in [6, 6.07) is 6.82. The second-order valence-corrected chi connectivity index (χ2v) is 4.91. The van der Waals surface area contributed by atoms with Crippen molar-refractivity contribution in [2.75, 3.05) is 5.73 Å². The van der Waals surface area contributed by atoms with Gasteiger partial charge in [-0.15, -0.1) is 0 Å². The van der Waals surface area contributed by atoms with Gasteiger partial charge in [-0.2, -0.15) is 0 Å². The van der Waals surface area contributed by atoms with E-state index in [0.717, 1.165) is 28.7 Å². The molecule has 0 bridgehead atoms. The molecule has 1 saturated carbocycles.